The number of nitrogens with zero attached hydrogens (tertiary/aromatic N) is 5. The summed E-state index contributed by atoms with van der Waals surface area (Å²) < 4.78 is 7.33. The van der Waals surface area contributed by atoms with E-state index in [4.69, 9.17) is 9.51 Å². The molecule has 34 heavy (non-hydrogen) atoms. The van der Waals surface area contributed by atoms with E-state index in [1.165, 1.54) is 0 Å². The standard InChI is InChI=1S/C24H31N7O3/c1-13(2)21(32)24(33)26-11-7-6-10-25-22-23-29-28-16(5)31(23)19-9-8-17(12-18(19)27-22)20-14(3)30-34-15(20)4/h8-9,12-13,21,32H,6-7,10-11H2,1-5H3,(H,25,27)(H,26,33)/t21-/m0/s1. The Morgan fingerprint density at radius 2 is 1.91 bits per heavy atom. The second-order valence-corrected chi connectivity index (χ2v) is 8.88. The van der Waals surface area contributed by atoms with Crippen molar-refractivity contribution in [2.45, 2.75) is 53.6 Å². The van der Waals surface area contributed by atoms with Gasteiger partial charge in [0.25, 0.3) is 0 Å². The summed E-state index contributed by atoms with van der Waals surface area (Å²) >= 11 is 0. The third-order valence-corrected chi connectivity index (χ3v) is 5.90. The molecule has 1 aromatic carbocycles. The zero-order chi connectivity index (χ0) is 24.4. The van der Waals surface area contributed by atoms with E-state index in [0.717, 1.165) is 52.3 Å². The van der Waals surface area contributed by atoms with Crippen LogP contribution in [-0.4, -0.2) is 54.9 Å². The van der Waals surface area contributed by atoms with Gasteiger partial charge in [-0.25, -0.2) is 4.98 Å². The Hall–Kier alpha value is -3.53. The largest absolute Gasteiger partial charge is 0.383 e. The average molecular weight is 466 g/mol. The molecule has 1 amide bonds. The first-order chi connectivity index (χ1) is 16.3. The molecule has 10 nitrogen and oxygen atoms in total. The normalized spacial score (nSPS) is 12.6. The van der Waals surface area contributed by atoms with Gasteiger partial charge in [0, 0.05) is 18.7 Å². The van der Waals surface area contributed by atoms with Crippen LogP contribution >= 0.6 is 0 Å². The van der Waals surface area contributed by atoms with Gasteiger partial charge in [-0.3, -0.25) is 9.20 Å². The number of aryl methyl sites for hydroxylation is 3. The van der Waals surface area contributed by atoms with Crippen LogP contribution in [-0.2, 0) is 4.79 Å². The number of aliphatic hydroxyl groups is 1. The highest BCUT2D eigenvalue weighted by molar-refractivity contribution is 5.87. The lowest BCUT2D eigenvalue weighted by molar-refractivity contribution is -0.131. The van der Waals surface area contributed by atoms with Crippen LogP contribution in [0.3, 0.4) is 0 Å². The fourth-order valence-electron chi connectivity index (χ4n) is 4.02. The van der Waals surface area contributed by atoms with Crippen molar-refractivity contribution in [3.8, 4) is 11.1 Å². The van der Waals surface area contributed by atoms with Gasteiger partial charge in [0.1, 0.15) is 17.7 Å². The van der Waals surface area contributed by atoms with E-state index < -0.39 is 6.10 Å². The lowest BCUT2D eigenvalue weighted by Gasteiger charge is -2.14. The molecule has 0 fully saturated rings. The first-order valence-corrected chi connectivity index (χ1v) is 11.6. The highest BCUT2D eigenvalue weighted by atomic mass is 16.5. The molecule has 0 aliphatic carbocycles. The van der Waals surface area contributed by atoms with E-state index in [0.29, 0.717) is 24.6 Å². The summed E-state index contributed by atoms with van der Waals surface area (Å²) in [5.74, 6) is 1.77. The molecule has 1 atom stereocenters. The van der Waals surface area contributed by atoms with Gasteiger partial charge in [-0.2, -0.15) is 0 Å². The molecule has 0 saturated carbocycles. The van der Waals surface area contributed by atoms with Crippen LogP contribution in [0, 0.1) is 26.7 Å². The first kappa shape index (κ1) is 23.6. The second kappa shape index (κ2) is 9.76. The van der Waals surface area contributed by atoms with Gasteiger partial charge >= 0.3 is 0 Å². The number of benzene rings is 1. The summed E-state index contributed by atoms with van der Waals surface area (Å²) in [6.45, 7) is 10.5. The van der Waals surface area contributed by atoms with E-state index >= 15 is 0 Å². The third kappa shape index (κ3) is 4.58. The van der Waals surface area contributed by atoms with Crippen molar-refractivity contribution < 1.29 is 14.4 Å². The van der Waals surface area contributed by atoms with Gasteiger partial charge in [-0.1, -0.05) is 25.1 Å². The Bertz CT molecular complexity index is 1310. The molecular formula is C24H31N7O3. The van der Waals surface area contributed by atoms with Crippen molar-refractivity contribution in [3.05, 3.63) is 35.5 Å². The molecule has 0 spiro atoms. The van der Waals surface area contributed by atoms with Crippen LogP contribution in [0.2, 0.25) is 0 Å². The van der Waals surface area contributed by atoms with Crippen molar-refractivity contribution in [1.82, 2.24) is 30.1 Å². The van der Waals surface area contributed by atoms with Gasteiger partial charge in [0.2, 0.25) is 11.6 Å². The number of rotatable bonds is 9. The minimum Gasteiger partial charge on any atom is -0.383 e. The second-order valence-electron chi connectivity index (χ2n) is 8.88. The van der Waals surface area contributed by atoms with E-state index in [-0.39, 0.29) is 11.8 Å². The van der Waals surface area contributed by atoms with Crippen molar-refractivity contribution in [2.75, 3.05) is 18.4 Å². The molecule has 3 aromatic heterocycles. The number of aromatic nitrogens is 5. The van der Waals surface area contributed by atoms with Crippen molar-refractivity contribution in [3.63, 3.8) is 0 Å². The summed E-state index contributed by atoms with van der Waals surface area (Å²) in [7, 11) is 0. The Kier molecular flexibility index (Phi) is 6.78. The molecule has 3 heterocycles. The van der Waals surface area contributed by atoms with Gasteiger partial charge in [-0.15, -0.1) is 10.2 Å². The monoisotopic (exact) mass is 465 g/mol. The number of carbonyl (C=O) groups is 1. The first-order valence-electron chi connectivity index (χ1n) is 11.6. The maximum atomic E-state index is 11.9. The maximum absolute atomic E-state index is 11.9. The topological polar surface area (TPSA) is 130 Å². The van der Waals surface area contributed by atoms with Crippen LogP contribution in [0.5, 0.6) is 0 Å². The number of fused-ring (bicyclic) bond motifs is 3. The molecule has 180 valence electrons. The molecular weight excluding hydrogens is 434 g/mol. The number of hydrogen-bond donors (Lipinski definition) is 3. The summed E-state index contributed by atoms with van der Waals surface area (Å²) in [6.07, 6.45) is 0.616. The zero-order valence-corrected chi connectivity index (χ0v) is 20.2. The number of anilines is 1. The smallest absolute Gasteiger partial charge is 0.249 e. The molecule has 0 unspecified atom stereocenters. The number of nitrogens with one attached hydrogen (secondary N) is 2. The van der Waals surface area contributed by atoms with Crippen molar-refractivity contribution in [2.24, 2.45) is 5.92 Å². The number of carbonyl (C=O) groups excluding carboxylic acids is 1. The van der Waals surface area contributed by atoms with E-state index in [1.54, 1.807) is 0 Å². The zero-order valence-electron chi connectivity index (χ0n) is 20.2. The fraction of sp³-hybridized carbons (Fsp3) is 0.458. The summed E-state index contributed by atoms with van der Waals surface area (Å²) in [5.41, 5.74) is 5.21. The predicted octanol–water partition coefficient (Wildman–Crippen LogP) is 3.18. The summed E-state index contributed by atoms with van der Waals surface area (Å²) in [4.78, 5) is 16.7. The van der Waals surface area contributed by atoms with Gasteiger partial charge < -0.3 is 20.3 Å². The fourth-order valence-corrected chi connectivity index (χ4v) is 4.02. The minimum absolute atomic E-state index is 0.104. The molecule has 0 bridgehead atoms. The van der Waals surface area contributed by atoms with Gasteiger partial charge in [0.05, 0.1) is 16.7 Å². The summed E-state index contributed by atoms with van der Waals surface area (Å²) in [5, 5.41) is 28.6. The quantitative estimate of drug-likeness (QED) is 0.321. The summed E-state index contributed by atoms with van der Waals surface area (Å²) in [6, 6.07) is 6.08. The molecule has 4 aromatic rings. The molecule has 0 aliphatic rings. The number of amides is 1. The lowest BCUT2D eigenvalue weighted by atomic mass is 10.0. The number of unbranched alkanes of at least 4 members (excludes halogenated alkanes) is 1. The van der Waals surface area contributed by atoms with E-state index in [9.17, 15) is 9.90 Å². The van der Waals surface area contributed by atoms with Crippen molar-refractivity contribution >= 4 is 28.4 Å². The van der Waals surface area contributed by atoms with Crippen LogP contribution in [0.1, 0.15) is 44.0 Å². The molecule has 0 radical (unpaired) electrons. The Morgan fingerprint density at radius 3 is 2.62 bits per heavy atom. The molecule has 0 aliphatic heterocycles. The lowest BCUT2D eigenvalue weighted by Crippen LogP contribution is -2.38. The third-order valence-electron chi connectivity index (χ3n) is 5.90. The Balaban J connectivity index is 1.50. The molecule has 0 saturated heterocycles. The minimum atomic E-state index is -0.973. The van der Waals surface area contributed by atoms with Crippen LogP contribution in [0.25, 0.3) is 27.8 Å². The van der Waals surface area contributed by atoms with Crippen LogP contribution in [0.15, 0.2) is 22.7 Å². The highest BCUT2D eigenvalue weighted by Gasteiger charge is 2.18. The van der Waals surface area contributed by atoms with E-state index in [1.807, 2.05) is 57.2 Å². The predicted molar refractivity (Wildman–Crippen MR) is 130 cm³/mol. The van der Waals surface area contributed by atoms with Crippen molar-refractivity contribution in [1.29, 1.82) is 0 Å². The average Bonchev–Trinajstić information content (AvgIpc) is 3.36. The van der Waals surface area contributed by atoms with Crippen LogP contribution in [0.4, 0.5) is 5.82 Å². The number of hydrogen-bond acceptors (Lipinski definition) is 8. The Morgan fingerprint density at radius 1 is 1.15 bits per heavy atom. The molecule has 3 N–H and O–H groups in total. The molecule has 10 heteroatoms. The van der Waals surface area contributed by atoms with E-state index in [2.05, 4.69) is 26.0 Å². The number of aliphatic hydroxyl groups excluding tert-OH is 1. The SMILES string of the molecule is Cc1noc(C)c1-c1ccc2c(c1)nc(NCCCCNC(=O)[C@@H](O)C(C)C)c1nnc(C)n12. The van der Waals surface area contributed by atoms with Gasteiger partial charge in [-0.05, 0) is 57.2 Å². The van der Waals surface area contributed by atoms with Gasteiger partial charge in [0.15, 0.2) is 5.82 Å². The van der Waals surface area contributed by atoms with Crippen LogP contribution < -0.4 is 10.6 Å². The maximum Gasteiger partial charge on any atom is 0.249 e. The Labute approximate surface area is 197 Å². The highest BCUT2D eigenvalue weighted by Crippen LogP contribution is 2.30. The molecule has 4 rings (SSSR count).